The van der Waals surface area contributed by atoms with E-state index in [1.165, 1.54) is 0 Å². The molecule has 0 saturated heterocycles. The number of fused-ring (bicyclic) bond motifs is 2. The van der Waals surface area contributed by atoms with Crippen LogP contribution >= 0.6 is 0 Å². The molecule has 1 N–H and O–H groups in total. The molecule has 0 radical (unpaired) electrons. The van der Waals surface area contributed by atoms with Crippen molar-refractivity contribution in [2.24, 2.45) is 0 Å². The van der Waals surface area contributed by atoms with Crippen LogP contribution in [-0.4, -0.2) is 21.6 Å². The Morgan fingerprint density at radius 3 is 2.60 bits per heavy atom. The zero-order valence-corrected chi connectivity index (χ0v) is 16.5. The molecule has 148 valence electrons. The third-order valence-electron chi connectivity index (χ3n) is 5.52. The van der Waals surface area contributed by atoms with E-state index in [2.05, 4.69) is 6.07 Å². The highest BCUT2D eigenvalue weighted by molar-refractivity contribution is 6.00. The van der Waals surface area contributed by atoms with Gasteiger partial charge in [0, 0.05) is 18.0 Å². The van der Waals surface area contributed by atoms with E-state index in [1.807, 2.05) is 49.4 Å². The average molecular weight is 396 g/mol. The SMILES string of the molecule is CC(C(=O)n1cc(CCC(=O)O)c2ccc(C#N)cc21)c1cccc2ccccc12. The van der Waals surface area contributed by atoms with Crippen molar-refractivity contribution in [3.05, 3.63) is 83.6 Å². The molecule has 0 aliphatic rings. The number of carboxylic acid groups (broad SMARTS) is 1. The van der Waals surface area contributed by atoms with Crippen LogP contribution in [-0.2, 0) is 11.2 Å². The largest absolute Gasteiger partial charge is 0.481 e. The summed E-state index contributed by atoms with van der Waals surface area (Å²) >= 11 is 0. The zero-order valence-electron chi connectivity index (χ0n) is 16.5. The van der Waals surface area contributed by atoms with E-state index in [-0.39, 0.29) is 12.3 Å². The molecule has 4 aromatic rings. The first-order chi connectivity index (χ1) is 14.5. The Kier molecular flexibility index (Phi) is 5.07. The van der Waals surface area contributed by atoms with Gasteiger partial charge in [0.1, 0.15) is 0 Å². The standard InChI is InChI=1S/C25H20N2O3/c1-16(20-8-4-6-18-5-2-3-7-21(18)20)25(30)27-15-19(10-12-24(28)29)22-11-9-17(14-26)13-23(22)27/h2-9,11,13,15-16H,10,12H2,1H3,(H,28,29). The van der Waals surface area contributed by atoms with Gasteiger partial charge in [-0.1, -0.05) is 48.5 Å². The quantitative estimate of drug-likeness (QED) is 0.507. The van der Waals surface area contributed by atoms with Crippen LogP contribution in [0.25, 0.3) is 21.7 Å². The Morgan fingerprint density at radius 1 is 1.07 bits per heavy atom. The summed E-state index contributed by atoms with van der Waals surface area (Å²) < 4.78 is 1.57. The van der Waals surface area contributed by atoms with Crippen LogP contribution in [0.5, 0.6) is 0 Å². The van der Waals surface area contributed by atoms with Crippen molar-refractivity contribution in [2.75, 3.05) is 0 Å². The van der Waals surface area contributed by atoms with Crippen LogP contribution < -0.4 is 0 Å². The molecule has 0 saturated carbocycles. The van der Waals surface area contributed by atoms with Crippen molar-refractivity contribution in [3.8, 4) is 6.07 Å². The van der Waals surface area contributed by atoms with Gasteiger partial charge in [0.15, 0.2) is 0 Å². The van der Waals surface area contributed by atoms with Gasteiger partial charge in [-0.15, -0.1) is 0 Å². The van der Waals surface area contributed by atoms with Crippen LogP contribution in [0, 0.1) is 11.3 Å². The summed E-state index contributed by atoms with van der Waals surface area (Å²) in [4.78, 5) is 24.6. The number of nitrogens with zero attached hydrogens (tertiary/aromatic N) is 2. The van der Waals surface area contributed by atoms with Crippen molar-refractivity contribution in [1.29, 1.82) is 5.26 Å². The normalized spacial score (nSPS) is 12.0. The molecule has 1 unspecified atom stereocenters. The summed E-state index contributed by atoms with van der Waals surface area (Å²) in [5.74, 6) is -1.42. The number of rotatable bonds is 5. The topological polar surface area (TPSA) is 83.1 Å². The van der Waals surface area contributed by atoms with Crippen molar-refractivity contribution < 1.29 is 14.7 Å². The summed E-state index contributed by atoms with van der Waals surface area (Å²) in [5.41, 5.74) is 2.81. The minimum atomic E-state index is -0.889. The molecule has 1 atom stereocenters. The second-order valence-electron chi connectivity index (χ2n) is 7.39. The molecular weight excluding hydrogens is 376 g/mol. The van der Waals surface area contributed by atoms with E-state index in [9.17, 15) is 14.9 Å². The Morgan fingerprint density at radius 2 is 1.83 bits per heavy atom. The minimum absolute atomic E-state index is 0.0216. The lowest BCUT2D eigenvalue weighted by Crippen LogP contribution is -2.17. The number of hydrogen-bond donors (Lipinski definition) is 1. The van der Waals surface area contributed by atoms with Crippen LogP contribution in [0.1, 0.15) is 40.7 Å². The van der Waals surface area contributed by atoms with E-state index in [1.54, 1.807) is 29.0 Å². The summed E-state index contributed by atoms with van der Waals surface area (Å²) in [5, 5.41) is 21.3. The van der Waals surface area contributed by atoms with E-state index >= 15 is 0 Å². The monoisotopic (exact) mass is 396 g/mol. The molecule has 0 spiro atoms. The molecule has 0 bridgehead atoms. The van der Waals surface area contributed by atoms with E-state index in [4.69, 9.17) is 5.11 Å². The smallest absolute Gasteiger partial charge is 0.303 e. The van der Waals surface area contributed by atoms with Crippen LogP contribution in [0.2, 0.25) is 0 Å². The molecule has 1 heterocycles. The van der Waals surface area contributed by atoms with E-state index in [0.29, 0.717) is 17.5 Å². The zero-order chi connectivity index (χ0) is 21.3. The fourth-order valence-electron chi connectivity index (χ4n) is 3.96. The van der Waals surface area contributed by atoms with Crippen molar-refractivity contribution in [2.45, 2.75) is 25.7 Å². The molecule has 0 amide bonds. The predicted octanol–water partition coefficient (Wildman–Crippen LogP) is 5.13. The minimum Gasteiger partial charge on any atom is -0.481 e. The second kappa shape index (κ2) is 7.84. The molecule has 30 heavy (non-hydrogen) atoms. The fourth-order valence-corrected chi connectivity index (χ4v) is 3.96. The number of carbonyl (C=O) groups is 2. The van der Waals surface area contributed by atoms with Crippen molar-refractivity contribution in [3.63, 3.8) is 0 Å². The lowest BCUT2D eigenvalue weighted by molar-refractivity contribution is -0.136. The first kappa shape index (κ1) is 19.4. The molecule has 5 heteroatoms. The number of nitriles is 1. The summed E-state index contributed by atoms with van der Waals surface area (Å²) in [7, 11) is 0. The van der Waals surface area contributed by atoms with E-state index in [0.717, 1.165) is 27.3 Å². The maximum atomic E-state index is 13.5. The highest BCUT2D eigenvalue weighted by atomic mass is 16.4. The van der Waals surface area contributed by atoms with Crippen molar-refractivity contribution >= 4 is 33.6 Å². The average Bonchev–Trinajstić information content (AvgIpc) is 3.14. The summed E-state index contributed by atoms with van der Waals surface area (Å²) in [6, 6.07) is 21.2. The van der Waals surface area contributed by atoms with Gasteiger partial charge in [-0.05, 0) is 47.4 Å². The summed E-state index contributed by atoms with van der Waals surface area (Å²) in [6.07, 6.45) is 2.02. The van der Waals surface area contributed by atoms with Gasteiger partial charge >= 0.3 is 5.97 Å². The maximum Gasteiger partial charge on any atom is 0.303 e. The number of aromatic nitrogens is 1. The third-order valence-corrected chi connectivity index (χ3v) is 5.52. The van der Waals surface area contributed by atoms with Crippen LogP contribution in [0.4, 0.5) is 0 Å². The predicted molar refractivity (Wildman–Crippen MR) is 116 cm³/mol. The lowest BCUT2D eigenvalue weighted by atomic mass is 9.94. The first-order valence-electron chi connectivity index (χ1n) is 9.77. The molecule has 1 aromatic heterocycles. The highest BCUT2D eigenvalue weighted by Crippen LogP contribution is 2.30. The van der Waals surface area contributed by atoms with Gasteiger partial charge in [-0.2, -0.15) is 5.26 Å². The molecule has 3 aromatic carbocycles. The van der Waals surface area contributed by atoms with Crippen molar-refractivity contribution in [1.82, 2.24) is 4.57 Å². The first-order valence-corrected chi connectivity index (χ1v) is 9.77. The highest BCUT2D eigenvalue weighted by Gasteiger charge is 2.22. The number of benzene rings is 3. The second-order valence-corrected chi connectivity index (χ2v) is 7.39. The fraction of sp³-hybridized carbons (Fsp3) is 0.160. The van der Waals surface area contributed by atoms with Gasteiger partial charge in [-0.25, -0.2) is 0 Å². The lowest BCUT2D eigenvalue weighted by Gasteiger charge is -2.15. The summed E-state index contributed by atoms with van der Waals surface area (Å²) in [6.45, 7) is 1.88. The third kappa shape index (κ3) is 3.44. The maximum absolute atomic E-state index is 13.5. The Labute approximate surface area is 173 Å². The van der Waals surface area contributed by atoms with Gasteiger partial charge in [0.05, 0.1) is 23.1 Å². The Bertz CT molecular complexity index is 1320. The van der Waals surface area contributed by atoms with Crippen LogP contribution in [0.15, 0.2) is 66.9 Å². The number of carbonyl (C=O) groups excluding carboxylic acids is 1. The molecule has 5 nitrogen and oxygen atoms in total. The Balaban J connectivity index is 1.82. The van der Waals surface area contributed by atoms with Crippen LogP contribution in [0.3, 0.4) is 0 Å². The molecule has 4 rings (SSSR count). The van der Waals surface area contributed by atoms with E-state index < -0.39 is 11.9 Å². The number of aliphatic carboxylic acids is 1. The molecule has 0 aliphatic heterocycles. The number of aryl methyl sites for hydroxylation is 1. The van der Waals surface area contributed by atoms with Gasteiger partial charge in [0.2, 0.25) is 5.91 Å². The number of carboxylic acids is 1. The van der Waals surface area contributed by atoms with Gasteiger partial charge in [0.25, 0.3) is 0 Å². The molecule has 0 fully saturated rings. The van der Waals surface area contributed by atoms with Gasteiger partial charge in [-0.3, -0.25) is 14.2 Å². The molecular formula is C25H20N2O3. The number of hydrogen-bond acceptors (Lipinski definition) is 3. The van der Waals surface area contributed by atoms with Gasteiger partial charge < -0.3 is 5.11 Å². The molecule has 0 aliphatic carbocycles. The Hall–Kier alpha value is -3.91.